The monoisotopic (exact) mass is 458 g/mol. The van der Waals surface area contributed by atoms with Crippen LogP contribution in [0.2, 0.25) is 0 Å². The zero-order chi connectivity index (χ0) is 22.6. The number of hydrogen-bond donors (Lipinski definition) is 1. The van der Waals surface area contributed by atoms with Gasteiger partial charge >= 0.3 is 0 Å². The molecule has 0 radical (unpaired) electrons. The quantitative estimate of drug-likeness (QED) is 0.327. The lowest BCUT2D eigenvalue weighted by atomic mass is 9.98. The Kier molecular flexibility index (Phi) is 6.71. The average molecular weight is 459 g/mol. The molecule has 0 spiro atoms. The Morgan fingerprint density at radius 3 is 1.62 bits per heavy atom. The Balaban J connectivity index is 1.61. The second-order valence-electron chi connectivity index (χ2n) is 8.28. The average Bonchev–Trinajstić information content (AvgIpc) is 2.82. The van der Waals surface area contributed by atoms with E-state index in [1.807, 2.05) is 84.9 Å². The molecule has 0 aliphatic rings. The van der Waals surface area contributed by atoms with Gasteiger partial charge in [0, 0.05) is 26.6 Å². The fourth-order valence-electron chi connectivity index (χ4n) is 3.82. The predicted molar refractivity (Wildman–Crippen MR) is 136 cm³/mol. The minimum Gasteiger partial charge on any atom is -0.385 e. The standard InChI is InChI=1S/C28H27O2PS/c1-22-13-17-26(18-14-22)32-27-19-15-23(16-20-27)28(2,29)21-31(30,24-9-5-3-6-10-24)25-11-7-4-8-12-25/h3-20,29H,21H2,1-2H3. The number of rotatable bonds is 7. The van der Waals surface area contributed by atoms with E-state index in [1.165, 1.54) is 10.5 Å². The first kappa shape index (κ1) is 22.6. The molecule has 162 valence electrons. The minimum absolute atomic E-state index is 0.137. The van der Waals surface area contributed by atoms with Crippen molar-refractivity contribution in [2.24, 2.45) is 0 Å². The predicted octanol–water partition coefficient (Wildman–Crippen LogP) is 6.37. The van der Waals surface area contributed by atoms with Crippen LogP contribution in [0.25, 0.3) is 0 Å². The molecule has 4 aromatic rings. The molecule has 0 aliphatic heterocycles. The molecule has 2 nitrogen and oxygen atoms in total. The van der Waals surface area contributed by atoms with Crippen LogP contribution in [-0.4, -0.2) is 11.3 Å². The molecule has 0 saturated heterocycles. The van der Waals surface area contributed by atoms with Crippen LogP contribution in [0, 0.1) is 6.92 Å². The van der Waals surface area contributed by atoms with Crippen LogP contribution in [0.15, 0.2) is 119 Å². The van der Waals surface area contributed by atoms with Crippen LogP contribution < -0.4 is 10.6 Å². The van der Waals surface area contributed by atoms with E-state index in [2.05, 4.69) is 31.2 Å². The van der Waals surface area contributed by atoms with Gasteiger partial charge in [0.15, 0.2) is 0 Å². The molecule has 0 amide bonds. The summed E-state index contributed by atoms with van der Waals surface area (Å²) >= 11 is 1.69. The van der Waals surface area contributed by atoms with Crippen molar-refractivity contribution in [1.82, 2.24) is 0 Å². The zero-order valence-corrected chi connectivity index (χ0v) is 20.0. The van der Waals surface area contributed by atoms with Crippen molar-refractivity contribution in [3.05, 3.63) is 120 Å². The molecule has 0 heterocycles. The molecule has 0 bridgehead atoms. The van der Waals surface area contributed by atoms with E-state index < -0.39 is 12.7 Å². The van der Waals surface area contributed by atoms with Crippen molar-refractivity contribution in [2.45, 2.75) is 29.2 Å². The molecule has 0 saturated carbocycles. The highest BCUT2D eigenvalue weighted by Crippen LogP contribution is 2.48. The summed E-state index contributed by atoms with van der Waals surface area (Å²) < 4.78 is 14.4. The Labute approximate surface area is 194 Å². The number of aliphatic hydroxyl groups is 1. The van der Waals surface area contributed by atoms with Gasteiger partial charge in [0.1, 0.15) is 7.14 Å². The van der Waals surface area contributed by atoms with Crippen LogP contribution in [0.5, 0.6) is 0 Å². The van der Waals surface area contributed by atoms with Crippen LogP contribution in [-0.2, 0) is 10.2 Å². The Morgan fingerprint density at radius 2 is 1.16 bits per heavy atom. The van der Waals surface area contributed by atoms with Crippen LogP contribution in [0.1, 0.15) is 18.1 Å². The molecule has 1 N–H and O–H groups in total. The maximum Gasteiger partial charge on any atom is 0.146 e. The van der Waals surface area contributed by atoms with Crippen molar-refractivity contribution in [3.8, 4) is 0 Å². The fraction of sp³-hybridized carbons (Fsp3) is 0.143. The van der Waals surface area contributed by atoms with Gasteiger partial charge in [-0.05, 0) is 43.7 Å². The van der Waals surface area contributed by atoms with Crippen LogP contribution >= 0.6 is 18.9 Å². The molecule has 4 heteroatoms. The third kappa shape index (κ3) is 5.07. The summed E-state index contributed by atoms with van der Waals surface area (Å²) in [6.07, 6.45) is 0.137. The van der Waals surface area contributed by atoms with E-state index in [4.69, 9.17) is 0 Å². The summed E-state index contributed by atoms with van der Waals surface area (Å²) in [5.74, 6) is 0. The molecule has 0 fully saturated rings. The van der Waals surface area contributed by atoms with E-state index in [9.17, 15) is 9.67 Å². The van der Waals surface area contributed by atoms with E-state index in [0.717, 1.165) is 21.1 Å². The topological polar surface area (TPSA) is 37.3 Å². The van der Waals surface area contributed by atoms with E-state index in [0.29, 0.717) is 0 Å². The number of hydrogen-bond acceptors (Lipinski definition) is 3. The summed E-state index contributed by atoms with van der Waals surface area (Å²) in [6, 6.07) is 35.4. The van der Waals surface area contributed by atoms with E-state index in [1.54, 1.807) is 18.7 Å². The maximum atomic E-state index is 14.4. The normalized spacial score (nSPS) is 13.5. The van der Waals surface area contributed by atoms with Gasteiger partial charge in [-0.25, -0.2) is 0 Å². The SMILES string of the molecule is Cc1ccc(Sc2ccc(C(C)(O)CP(=O)(c3ccccc3)c3ccccc3)cc2)cc1. The fourth-order valence-corrected chi connectivity index (χ4v) is 7.66. The second-order valence-corrected chi connectivity index (χ2v) is 12.3. The molecule has 1 unspecified atom stereocenters. The van der Waals surface area contributed by atoms with Crippen molar-refractivity contribution >= 4 is 29.5 Å². The van der Waals surface area contributed by atoms with Crippen molar-refractivity contribution in [3.63, 3.8) is 0 Å². The minimum atomic E-state index is -3.04. The molecule has 1 atom stereocenters. The van der Waals surface area contributed by atoms with Gasteiger partial charge in [-0.1, -0.05) is 102 Å². The van der Waals surface area contributed by atoms with E-state index >= 15 is 0 Å². The maximum absolute atomic E-state index is 14.4. The highest BCUT2D eigenvalue weighted by atomic mass is 32.2. The lowest BCUT2D eigenvalue weighted by Crippen LogP contribution is -2.32. The second kappa shape index (κ2) is 9.50. The Morgan fingerprint density at radius 1 is 0.719 bits per heavy atom. The van der Waals surface area contributed by atoms with Crippen molar-refractivity contribution in [2.75, 3.05) is 6.16 Å². The first-order valence-corrected chi connectivity index (χ1v) is 13.4. The van der Waals surface area contributed by atoms with Gasteiger partial charge in [0.05, 0.1) is 5.60 Å². The van der Waals surface area contributed by atoms with Crippen LogP contribution in [0.4, 0.5) is 0 Å². The van der Waals surface area contributed by atoms with Gasteiger partial charge in [0.25, 0.3) is 0 Å². The summed E-state index contributed by atoms with van der Waals surface area (Å²) in [5, 5.41) is 13.0. The largest absolute Gasteiger partial charge is 0.385 e. The molecule has 4 rings (SSSR count). The van der Waals surface area contributed by atoms with Crippen LogP contribution in [0.3, 0.4) is 0 Å². The summed E-state index contributed by atoms with van der Waals surface area (Å²) in [5.41, 5.74) is 0.758. The first-order chi connectivity index (χ1) is 15.4. The highest BCUT2D eigenvalue weighted by molar-refractivity contribution is 7.99. The third-order valence-corrected chi connectivity index (χ3v) is 9.95. The Bertz CT molecular complexity index is 1160. The third-order valence-electron chi connectivity index (χ3n) is 5.61. The molecule has 32 heavy (non-hydrogen) atoms. The van der Waals surface area contributed by atoms with Crippen molar-refractivity contribution in [1.29, 1.82) is 0 Å². The number of aryl methyl sites for hydroxylation is 1. The van der Waals surface area contributed by atoms with Gasteiger partial charge in [-0.2, -0.15) is 0 Å². The molecular formula is C28H27O2PS. The Hall–Kier alpha value is -2.58. The summed E-state index contributed by atoms with van der Waals surface area (Å²) in [6.45, 7) is 3.84. The highest BCUT2D eigenvalue weighted by Gasteiger charge is 2.37. The lowest BCUT2D eigenvalue weighted by molar-refractivity contribution is 0.0819. The first-order valence-electron chi connectivity index (χ1n) is 10.6. The van der Waals surface area contributed by atoms with Gasteiger partial charge in [-0.3, -0.25) is 0 Å². The molecular weight excluding hydrogens is 431 g/mol. The summed E-state index contributed by atoms with van der Waals surface area (Å²) in [7, 11) is -3.04. The van der Waals surface area contributed by atoms with E-state index in [-0.39, 0.29) is 6.16 Å². The molecule has 0 aliphatic carbocycles. The lowest BCUT2D eigenvalue weighted by Gasteiger charge is -2.30. The van der Waals surface area contributed by atoms with Crippen molar-refractivity contribution < 1.29 is 9.67 Å². The zero-order valence-electron chi connectivity index (χ0n) is 18.3. The smallest absolute Gasteiger partial charge is 0.146 e. The number of benzene rings is 4. The van der Waals surface area contributed by atoms with Gasteiger partial charge in [-0.15, -0.1) is 0 Å². The van der Waals surface area contributed by atoms with Gasteiger partial charge in [0.2, 0.25) is 0 Å². The summed E-state index contributed by atoms with van der Waals surface area (Å²) in [4.78, 5) is 2.27. The molecule has 0 aromatic heterocycles. The van der Waals surface area contributed by atoms with Gasteiger partial charge < -0.3 is 9.67 Å². The molecule has 4 aromatic carbocycles.